The quantitative estimate of drug-likeness (QED) is 0.920. The Kier molecular flexibility index (Phi) is 3.68. The summed E-state index contributed by atoms with van der Waals surface area (Å²) in [5.74, 6) is 0.0871. The molecule has 1 aliphatic carbocycles. The summed E-state index contributed by atoms with van der Waals surface area (Å²) in [7, 11) is 0. The van der Waals surface area contributed by atoms with Gasteiger partial charge in [-0.05, 0) is 55.7 Å². The van der Waals surface area contributed by atoms with Crippen molar-refractivity contribution in [2.75, 3.05) is 6.54 Å². The van der Waals surface area contributed by atoms with E-state index in [4.69, 9.17) is 5.73 Å². The molecule has 6 heteroatoms. The van der Waals surface area contributed by atoms with Gasteiger partial charge >= 0.3 is 0 Å². The second kappa shape index (κ2) is 5.66. The third kappa shape index (κ3) is 2.65. The molecule has 0 unspecified atom stereocenters. The van der Waals surface area contributed by atoms with Crippen LogP contribution < -0.4 is 5.73 Å². The van der Waals surface area contributed by atoms with Crippen LogP contribution in [0.3, 0.4) is 0 Å². The van der Waals surface area contributed by atoms with Crippen molar-refractivity contribution >= 4 is 23.2 Å². The fourth-order valence-electron chi connectivity index (χ4n) is 3.83. The Hall–Kier alpha value is -2.21. The number of aryl methyl sites for hydroxylation is 3. The van der Waals surface area contributed by atoms with Crippen molar-refractivity contribution in [3.8, 4) is 10.4 Å². The Morgan fingerprint density at radius 2 is 2.00 bits per heavy atom. The first-order chi connectivity index (χ1) is 11.9. The van der Waals surface area contributed by atoms with Crippen LogP contribution in [0.15, 0.2) is 18.2 Å². The number of aromatic nitrogens is 1. The first-order valence-electron chi connectivity index (χ1n) is 8.52. The maximum absolute atomic E-state index is 13.1. The molecule has 2 aromatic rings. The Morgan fingerprint density at radius 1 is 1.24 bits per heavy atom. The number of primary amides is 1. The summed E-state index contributed by atoms with van der Waals surface area (Å²) in [5.41, 5.74) is 9.40. The molecule has 1 aromatic carbocycles. The highest BCUT2D eigenvalue weighted by atomic mass is 32.1. The van der Waals surface area contributed by atoms with Gasteiger partial charge in [-0.25, -0.2) is 4.98 Å². The molecule has 3 atom stereocenters. The van der Waals surface area contributed by atoms with Gasteiger partial charge in [-0.2, -0.15) is 0 Å². The number of rotatable bonds is 3. The van der Waals surface area contributed by atoms with Crippen molar-refractivity contribution in [2.45, 2.75) is 33.2 Å². The van der Waals surface area contributed by atoms with E-state index in [1.54, 1.807) is 4.90 Å². The van der Waals surface area contributed by atoms with Gasteiger partial charge in [-0.3, -0.25) is 9.59 Å². The minimum Gasteiger partial charge on any atom is -0.368 e. The second-order valence-electron chi connectivity index (χ2n) is 7.17. The van der Waals surface area contributed by atoms with Gasteiger partial charge in [0.25, 0.3) is 5.91 Å². The molecule has 0 bridgehead atoms. The van der Waals surface area contributed by atoms with E-state index in [1.165, 1.54) is 22.5 Å². The van der Waals surface area contributed by atoms with Crippen molar-refractivity contribution in [3.63, 3.8) is 0 Å². The summed E-state index contributed by atoms with van der Waals surface area (Å²) in [6.07, 6.45) is 0.998. The molecule has 2 heterocycles. The molecule has 2 aliphatic rings. The van der Waals surface area contributed by atoms with Crippen molar-refractivity contribution < 1.29 is 9.59 Å². The van der Waals surface area contributed by atoms with Crippen LogP contribution in [0, 0.1) is 32.6 Å². The number of benzene rings is 1. The van der Waals surface area contributed by atoms with Crippen LogP contribution in [0.4, 0.5) is 0 Å². The maximum atomic E-state index is 13.1. The second-order valence-corrected chi connectivity index (χ2v) is 8.38. The van der Waals surface area contributed by atoms with Crippen LogP contribution in [0.25, 0.3) is 10.4 Å². The molecule has 2 fully saturated rings. The molecule has 1 saturated heterocycles. The third-order valence-corrected chi connectivity index (χ3v) is 6.43. The minimum absolute atomic E-state index is 0.173. The minimum atomic E-state index is -0.480. The number of piperidine rings is 1. The molecule has 0 spiro atoms. The number of nitrogens with two attached hydrogens (primary N) is 1. The fraction of sp³-hybridized carbons (Fsp3) is 0.421. The van der Waals surface area contributed by atoms with Gasteiger partial charge in [0.1, 0.15) is 11.7 Å². The Morgan fingerprint density at radius 3 is 2.68 bits per heavy atom. The zero-order valence-corrected chi connectivity index (χ0v) is 15.4. The predicted molar refractivity (Wildman–Crippen MR) is 97.4 cm³/mol. The molecule has 4 rings (SSSR count). The van der Waals surface area contributed by atoms with E-state index in [9.17, 15) is 9.59 Å². The lowest BCUT2D eigenvalue weighted by Crippen LogP contribution is -2.46. The zero-order valence-electron chi connectivity index (χ0n) is 14.6. The molecule has 25 heavy (non-hydrogen) atoms. The highest BCUT2D eigenvalue weighted by Crippen LogP contribution is 2.50. The number of thiazole rings is 1. The fourth-order valence-corrected chi connectivity index (χ4v) is 4.73. The molecule has 1 aromatic heterocycles. The van der Waals surface area contributed by atoms with Crippen molar-refractivity contribution in [1.29, 1.82) is 0 Å². The number of fused-ring (bicyclic) bond motifs is 1. The summed E-state index contributed by atoms with van der Waals surface area (Å²) in [4.78, 5) is 32.0. The summed E-state index contributed by atoms with van der Waals surface area (Å²) < 4.78 is 0. The largest absolute Gasteiger partial charge is 0.368 e. The lowest BCUT2D eigenvalue weighted by molar-refractivity contribution is -0.122. The molecule has 2 N–H and O–H groups in total. The lowest BCUT2D eigenvalue weighted by atomic mass is 10.0. The maximum Gasteiger partial charge on any atom is 0.274 e. The number of likely N-dealkylation sites (tertiary alicyclic amines) is 1. The number of hydrogen-bond donors (Lipinski definition) is 1. The van der Waals surface area contributed by atoms with Crippen molar-refractivity contribution in [2.24, 2.45) is 17.6 Å². The standard InChI is InChI=1S/C19H21N3O2S/c1-9-4-5-12(6-10(9)2)17-15(21-11(3)25-17)19(24)22-8-13-7-14(13)16(22)18(20)23/h4-6,13-14,16H,7-8H2,1-3H3,(H2,20,23)/t13-,14+,16-/m0/s1. The zero-order chi connectivity index (χ0) is 17.9. The van der Waals surface area contributed by atoms with Gasteiger partial charge in [0.15, 0.2) is 0 Å². The van der Waals surface area contributed by atoms with Gasteiger partial charge in [0, 0.05) is 6.54 Å². The Bertz CT molecular complexity index is 889. The Labute approximate surface area is 150 Å². The predicted octanol–water partition coefficient (Wildman–Crippen LogP) is 2.68. The lowest BCUT2D eigenvalue weighted by Gasteiger charge is -2.24. The van der Waals surface area contributed by atoms with E-state index >= 15 is 0 Å². The van der Waals surface area contributed by atoms with Gasteiger partial charge < -0.3 is 10.6 Å². The van der Waals surface area contributed by atoms with Gasteiger partial charge in [-0.15, -0.1) is 11.3 Å². The molecule has 130 valence electrons. The van der Waals surface area contributed by atoms with E-state index in [0.29, 0.717) is 18.2 Å². The van der Waals surface area contributed by atoms with Crippen LogP contribution in [0.1, 0.15) is 33.0 Å². The van der Waals surface area contributed by atoms with Crippen LogP contribution in [0.2, 0.25) is 0 Å². The average Bonchev–Trinajstić information content (AvgIpc) is 3.03. The highest BCUT2D eigenvalue weighted by molar-refractivity contribution is 7.15. The normalized spacial score (nSPS) is 24.3. The summed E-state index contributed by atoms with van der Waals surface area (Å²) >= 11 is 1.52. The van der Waals surface area contributed by atoms with Gasteiger partial charge in [0.05, 0.1) is 9.88 Å². The number of hydrogen-bond acceptors (Lipinski definition) is 4. The van der Waals surface area contributed by atoms with E-state index < -0.39 is 11.9 Å². The van der Waals surface area contributed by atoms with Crippen LogP contribution >= 0.6 is 11.3 Å². The summed E-state index contributed by atoms with van der Waals surface area (Å²) in [6.45, 7) is 6.64. The molecule has 5 nitrogen and oxygen atoms in total. The van der Waals surface area contributed by atoms with Gasteiger partial charge in [0.2, 0.25) is 5.91 Å². The van der Waals surface area contributed by atoms with E-state index in [2.05, 4.69) is 31.0 Å². The Balaban J connectivity index is 1.72. The van der Waals surface area contributed by atoms with Crippen molar-refractivity contribution in [1.82, 2.24) is 9.88 Å². The first-order valence-corrected chi connectivity index (χ1v) is 9.34. The van der Waals surface area contributed by atoms with Crippen LogP contribution in [-0.4, -0.2) is 34.3 Å². The molecule has 0 radical (unpaired) electrons. The molecular weight excluding hydrogens is 334 g/mol. The summed E-state index contributed by atoms with van der Waals surface area (Å²) in [5, 5.41) is 0.844. The number of nitrogens with zero attached hydrogens (tertiary/aromatic N) is 2. The van der Waals surface area contributed by atoms with E-state index in [1.807, 2.05) is 13.0 Å². The smallest absolute Gasteiger partial charge is 0.274 e. The van der Waals surface area contributed by atoms with Crippen LogP contribution in [-0.2, 0) is 4.79 Å². The van der Waals surface area contributed by atoms with E-state index in [0.717, 1.165) is 21.9 Å². The number of amides is 2. The molecule has 1 saturated carbocycles. The highest BCUT2D eigenvalue weighted by Gasteiger charge is 2.56. The average molecular weight is 355 g/mol. The van der Waals surface area contributed by atoms with Crippen LogP contribution in [0.5, 0.6) is 0 Å². The van der Waals surface area contributed by atoms with Gasteiger partial charge in [-0.1, -0.05) is 18.2 Å². The summed E-state index contributed by atoms with van der Waals surface area (Å²) in [6, 6.07) is 5.70. The monoisotopic (exact) mass is 355 g/mol. The van der Waals surface area contributed by atoms with Crippen molar-refractivity contribution in [3.05, 3.63) is 40.0 Å². The molecule has 1 aliphatic heterocycles. The SMILES string of the molecule is Cc1nc(C(=O)N2C[C@@H]3C[C@H]3[C@H]2C(N)=O)c(-c2ccc(C)c(C)c2)s1. The molecule has 2 amide bonds. The number of carbonyl (C=O) groups is 2. The first kappa shape index (κ1) is 16.3. The molecular formula is C19H21N3O2S. The number of carbonyl (C=O) groups excluding carboxylic acids is 2. The third-order valence-electron chi connectivity index (χ3n) is 5.41. The topological polar surface area (TPSA) is 76.3 Å². The van der Waals surface area contributed by atoms with E-state index in [-0.39, 0.29) is 11.8 Å².